The Hall–Kier alpha value is -3.12. The highest BCUT2D eigenvalue weighted by Gasteiger charge is 2.10. The molecule has 0 saturated heterocycles. The minimum atomic E-state index is -0.320. The smallest absolute Gasteiger partial charge is 0.189 e. The molecule has 6 heteroatoms. The number of hydrogen-bond acceptors (Lipinski definition) is 4. The average molecular weight is 457 g/mol. The average Bonchev–Trinajstić information content (AvgIpc) is 2.73. The van der Waals surface area contributed by atoms with E-state index < -0.39 is 0 Å². The van der Waals surface area contributed by atoms with Crippen LogP contribution in [0.4, 0.5) is 4.39 Å². The summed E-state index contributed by atoms with van der Waals surface area (Å²) in [6.07, 6.45) is 3.02. The molecule has 0 unspecified atom stereocenters. The lowest BCUT2D eigenvalue weighted by Gasteiger charge is -2.11. The van der Waals surface area contributed by atoms with Gasteiger partial charge in [-0.3, -0.25) is 4.79 Å². The van der Waals surface area contributed by atoms with Crippen molar-refractivity contribution in [3.05, 3.63) is 93.7 Å². The van der Waals surface area contributed by atoms with Crippen LogP contribution < -0.4 is 9.47 Å². The maximum Gasteiger partial charge on any atom is 0.189 e. The number of allylic oxidation sites excluding steroid dienone is 1. The molecular weight excluding hydrogens is 439 g/mol. The van der Waals surface area contributed by atoms with E-state index in [1.165, 1.54) is 31.4 Å². The number of rotatable bonds is 7. The lowest BCUT2D eigenvalue weighted by molar-refractivity contribution is 0.104. The Morgan fingerprint density at radius 2 is 1.83 bits per heavy atom. The van der Waals surface area contributed by atoms with E-state index in [9.17, 15) is 14.3 Å². The van der Waals surface area contributed by atoms with Crippen molar-refractivity contribution >= 4 is 27.8 Å². The largest absolute Gasteiger partial charge is 0.507 e. The number of carbonyl (C=O) groups is 1. The Labute approximate surface area is 176 Å². The van der Waals surface area contributed by atoms with Gasteiger partial charge in [-0.25, -0.2) is 4.39 Å². The maximum absolute atomic E-state index is 13.0. The van der Waals surface area contributed by atoms with Crippen LogP contribution in [0.2, 0.25) is 0 Å². The van der Waals surface area contributed by atoms with Crippen LogP contribution in [0.25, 0.3) is 6.08 Å². The van der Waals surface area contributed by atoms with Crippen molar-refractivity contribution < 1.29 is 23.8 Å². The van der Waals surface area contributed by atoms with Crippen LogP contribution in [0, 0.1) is 5.82 Å². The number of ketones is 1. The fraction of sp³-hybridized carbons (Fsp3) is 0.0870. The molecule has 0 aromatic heterocycles. The lowest BCUT2D eigenvalue weighted by atomic mass is 10.1. The van der Waals surface area contributed by atoms with Gasteiger partial charge in [-0.2, -0.15) is 0 Å². The van der Waals surface area contributed by atoms with Crippen LogP contribution >= 0.6 is 15.9 Å². The van der Waals surface area contributed by atoms with E-state index in [1.807, 2.05) is 0 Å². The number of ether oxygens (including phenoxy) is 2. The molecule has 0 bridgehead atoms. The third kappa shape index (κ3) is 5.45. The minimum Gasteiger partial charge on any atom is -0.507 e. The molecule has 0 aliphatic carbocycles. The third-order valence-electron chi connectivity index (χ3n) is 4.15. The van der Waals surface area contributed by atoms with Gasteiger partial charge in [0.25, 0.3) is 0 Å². The molecule has 3 aromatic rings. The van der Waals surface area contributed by atoms with Crippen LogP contribution in [-0.2, 0) is 6.61 Å². The van der Waals surface area contributed by atoms with Crippen LogP contribution in [-0.4, -0.2) is 18.0 Å². The van der Waals surface area contributed by atoms with Gasteiger partial charge < -0.3 is 14.6 Å². The van der Waals surface area contributed by atoms with Crippen LogP contribution in [0.15, 0.2) is 71.2 Å². The number of carbonyl (C=O) groups excluding carboxylic acids is 1. The summed E-state index contributed by atoms with van der Waals surface area (Å²) >= 11 is 3.29. The van der Waals surface area contributed by atoms with Crippen molar-refractivity contribution in [3.63, 3.8) is 0 Å². The zero-order valence-corrected chi connectivity index (χ0v) is 17.1. The van der Waals surface area contributed by atoms with E-state index in [0.717, 1.165) is 11.1 Å². The highest BCUT2D eigenvalue weighted by molar-refractivity contribution is 9.10. The van der Waals surface area contributed by atoms with Crippen molar-refractivity contribution in [1.29, 1.82) is 0 Å². The second kappa shape index (κ2) is 9.39. The molecule has 0 radical (unpaired) electrons. The topological polar surface area (TPSA) is 55.8 Å². The number of benzene rings is 3. The molecular formula is C23H18BrFO4. The summed E-state index contributed by atoms with van der Waals surface area (Å²) in [5, 5.41) is 9.86. The molecule has 0 atom stereocenters. The van der Waals surface area contributed by atoms with Crippen molar-refractivity contribution in [2.45, 2.75) is 6.61 Å². The third-order valence-corrected chi connectivity index (χ3v) is 4.64. The summed E-state index contributed by atoms with van der Waals surface area (Å²) in [6.45, 7) is 0.270. The van der Waals surface area contributed by atoms with Gasteiger partial charge in [0.05, 0.1) is 12.7 Å². The summed E-state index contributed by atoms with van der Waals surface area (Å²) in [5.74, 6) is 0.342. The molecule has 1 N–H and O–H groups in total. The quantitative estimate of drug-likeness (QED) is 0.361. The summed E-state index contributed by atoms with van der Waals surface area (Å²) in [6, 6.07) is 16.0. The number of hydrogen-bond donors (Lipinski definition) is 1. The predicted molar refractivity (Wildman–Crippen MR) is 113 cm³/mol. The first-order chi connectivity index (χ1) is 14.0. The summed E-state index contributed by atoms with van der Waals surface area (Å²) in [7, 11) is 1.53. The lowest BCUT2D eigenvalue weighted by Crippen LogP contribution is -1.98. The number of phenols is 1. The van der Waals surface area contributed by atoms with Gasteiger partial charge in [0.1, 0.15) is 18.2 Å². The van der Waals surface area contributed by atoms with Crippen molar-refractivity contribution in [3.8, 4) is 17.2 Å². The minimum absolute atomic E-state index is 0.0787. The number of methoxy groups -OCH3 is 1. The van der Waals surface area contributed by atoms with E-state index in [-0.39, 0.29) is 29.5 Å². The Morgan fingerprint density at radius 1 is 1.07 bits per heavy atom. The summed E-state index contributed by atoms with van der Waals surface area (Å²) in [4.78, 5) is 12.3. The molecule has 0 aliphatic rings. The maximum atomic E-state index is 13.0. The van der Waals surface area contributed by atoms with E-state index >= 15 is 0 Å². The standard InChI is InChI=1S/C23H18BrFO4/c1-28-23-12-15(4-9-20(26)19-13-17(24)6-10-21(19)27)5-11-22(23)29-14-16-2-7-18(25)8-3-16/h2-13,27H,14H2,1H3/b9-4+. The van der Waals surface area contributed by atoms with Crippen molar-refractivity contribution in [2.75, 3.05) is 7.11 Å². The van der Waals surface area contributed by atoms with Crippen LogP contribution in [0.1, 0.15) is 21.5 Å². The Kier molecular flexibility index (Phi) is 6.67. The van der Waals surface area contributed by atoms with Crippen molar-refractivity contribution in [1.82, 2.24) is 0 Å². The molecule has 0 fully saturated rings. The number of phenolic OH excluding ortho intramolecular Hbond substituents is 1. The van der Waals surface area contributed by atoms with Gasteiger partial charge in [0.15, 0.2) is 17.3 Å². The first kappa shape index (κ1) is 20.6. The molecule has 4 nitrogen and oxygen atoms in total. The Balaban J connectivity index is 1.72. The zero-order valence-electron chi connectivity index (χ0n) is 15.6. The molecule has 3 aromatic carbocycles. The first-order valence-electron chi connectivity index (χ1n) is 8.72. The Bertz CT molecular complexity index is 1050. The van der Waals surface area contributed by atoms with E-state index in [2.05, 4.69) is 15.9 Å². The molecule has 148 valence electrons. The van der Waals surface area contributed by atoms with Gasteiger partial charge in [-0.15, -0.1) is 0 Å². The molecule has 0 saturated carbocycles. The number of halogens is 2. The second-order valence-electron chi connectivity index (χ2n) is 6.18. The van der Waals surface area contributed by atoms with Crippen LogP contribution in [0.3, 0.4) is 0 Å². The molecule has 0 amide bonds. The van der Waals surface area contributed by atoms with Crippen molar-refractivity contribution in [2.24, 2.45) is 0 Å². The molecule has 0 heterocycles. The summed E-state index contributed by atoms with van der Waals surface area (Å²) < 4.78 is 24.8. The van der Waals surface area contributed by atoms with Crippen LogP contribution in [0.5, 0.6) is 17.2 Å². The fourth-order valence-corrected chi connectivity index (χ4v) is 2.98. The highest BCUT2D eigenvalue weighted by atomic mass is 79.9. The monoisotopic (exact) mass is 456 g/mol. The molecule has 29 heavy (non-hydrogen) atoms. The van der Waals surface area contributed by atoms with E-state index in [0.29, 0.717) is 16.0 Å². The summed E-state index contributed by atoms with van der Waals surface area (Å²) in [5.41, 5.74) is 1.78. The van der Waals surface area contributed by atoms with Gasteiger partial charge in [-0.1, -0.05) is 40.2 Å². The fourth-order valence-electron chi connectivity index (χ4n) is 2.62. The Morgan fingerprint density at radius 3 is 2.55 bits per heavy atom. The second-order valence-corrected chi connectivity index (χ2v) is 7.10. The van der Waals surface area contributed by atoms with Gasteiger partial charge >= 0.3 is 0 Å². The molecule has 0 spiro atoms. The first-order valence-corrected chi connectivity index (χ1v) is 9.52. The predicted octanol–water partition coefficient (Wildman–Crippen LogP) is 5.78. The molecule has 3 rings (SSSR count). The number of aromatic hydroxyl groups is 1. The SMILES string of the molecule is COc1cc(/C=C/C(=O)c2cc(Br)ccc2O)ccc1OCc1ccc(F)cc1. The highest BCUT2D eigenvalue weighted by Crippen LogP contribution is 2.30. The zero-order chi connectivity index (χ0) is 20.8. The van der Waals surface area contributed by atoms with Gasteiger partial charge in [0.2, 0.25) is 0 Å². The molecule has 0 aliphatic heterocycles. The van der Waals surface area contributed by atoms with Gasteiger partial charge in [0, 0.05) is 4.47 Å². The van der Waals surface area contributed by atoms with E-state index in [4.69, 9.17) is 9.47 Å². The van der Waals surface area contributed by atoms with E-state index in [1.54, 1.807) is 48.5 Å². The van der Waals surface area contributed by atoms with Gasteiger partial charge in [-0.05, 0) is 59.7 Å². The normalized spacial score (nSPS) is 10.9.